The minimum absolute atomic E-state index is 0.0719. The van der Waals surface area contributed by atoms with Gasteiger partial charge in [-0.25, -0.2) is 0 Å². The van der Waals surface area contributed by atoms with Gasteiger partial charge in [-0.15, -0.1) is 0 Å². The first-order chi connectivity index (χ1) is 17.3. The molecule has 0 unspecified atom stereocenters. The van der Waals surface area contributed by atoms with Crippen LogP contribution in [0.2, 0.25) is 0 Å². The van der Waals surface area contributed by atoms with Gasteiger partial charge in [0.05, 0.1) is 11.1 Å². The number of aryl methyl sites for hydroxylation is 1. The van der Waals surface area contributed by atoms with Crippen LogP contribution < -0.4 is 4.74 Å². The summed E-state index contributed by atoms with van der Waals surface area (Å²) in [6.07, 6.45) is -1.15. The lowest BCUT2D eigenvalue weighted by molar-refractivity contribution is -0.137. The zero-order chi connectivity index (χ0) is 25.7. The lowest BCUT2D eigenvalue weighted by atomic mass is 9.95. The van der Waals surface area contributed by atoms with E-state index in [0.717, 1.165) is 39.4 Å². The summed E-state index contributed by atoms with van der Waals surface area (Å²) in [5, 5.41) is 0. The third kappa shape index (κ3) is 5.57. The van der Waals surface area contributed by atoms with Crippen LogP contribution in [0.3, 0.4) is 0 Å². The van der Waals surface area contributed by atoms with Crippen LogP contribution in [0.25, 0.3) is 23.3 Å². The predicted octanol–water partition coefficient (Wildman–Crippen LogP) is 8.55. The minimum atomic E-state index is -4.63. The largest absolute Gasteiger partial charge is 0.488 e. The maximum absolute atomic E-state index is 13.9. The molecule has 0 amide bonds. The van der Waals surface area contributed by atoms with Gasteiger partial charge in [-0.2, -0.15) is 13.2 Å². The van der Waals surface area contributed by atoms with Gasteiger partial charge in [0, 0.05) is 0 Å². The highest BCUT2D eigenvalue weighted by atomic mass is 19.4. The molecule has 0 heterocycles. The first kappa shape index (κ1) is 25.0. The number of hydrogen-bond donors (Lipinski definition) is 0. The van der Waals surface area contributed by atoms with Gasteiger partial charge in [0.25, 0.3) is 0 Å². The van der Waals surface area contributed by atoms with Crippen LogP contribution in [0.1, 0.15) is 43.7 Å². The van der Waals surface area contributed by atoms with E-state index in [1.165, 1.54) is 12.1 Å². The van der Waals surface area contributed by atoms with Gasteiger partial charge in [0.15, 0.2) is 6.29 Å². The number of rotatable bonds is 7. The fourth-order valence-electron chi connectivity index (χ4n) is 4.08. The molecule has 0 radical (unpaired) electrons. The summed E-state index contributed by atoms with van der Waals surface area (Å²) in [6, 6.07) is 25.2. The SMILES string of the molecule is Cc1ccccc1COc1cc(/C=C/c2cccc(-c3ccccc3)c2C)c(C(F)(F)F)cc1C=O. The Morgan fingerprint density at radius 3 is 2.17 bits per heavy atom. The Hall–Kier alpha value is -4.12. The molecule has 2 nitrogen and oxygen atoms in total. The Bertz CT molecular complexity index is 1400. The summed E-state index contributed by atoms with van der Waals surface area (Å²) in [5.41, 5.74) is 4.57. The number of hydrogen-bond acceptors (Lipinski definition) is 2. The van der Waals surface area contributed by atoms with Gasteiger partial charge < -0.3 is 4.74 Å². The quantitative estimate of drug-likeness (QED) is 0.193. The monoisotopic (exact) mass is 486 g/mol. The lowest BCUT2D eigenvalue weighted by Crippen LogP contribution is -2.10. The van der Waals surface area contributed by atoms with Crippen molar-refractivity contribution in [3.05, 3.63) is 124 Å². The number of carbonyl (C=O) groups excluding carboxylic acids is 1. The standard InChI is InChI=1S/C31H25F3O2/c1-21-9-6-7-12-26(21)20-36-30-18-25(29(31(32,33)34)17-27(30)19-35)16-15-23-13-8-14-28(22(23)2)24-10-4-3-5-11-24/h3-19H,20H2,1-2H3/b16-15+. The number of ether oxygens (including phenoxy) is 1. The van der Waals surface area contributed by atoms with Crippen molar-refractivity contribution in [1.82, 2.24) is 0 Å². The highest BCUT2D eigenvalue weighted by molar-refractivity contribution is 5.83. The highest BCUT2D eigenvalue weighted by Gasteiger charge is 2.34. The molecule has 0 atom stereocenters. The Morgan fingerprint density at radius 2 is 1.47 bits per heavy atom. The van der Waals surface area contributed by atoms with Gasteiger partial charge in [-0.05, 0) is 64.9 Å². The van der Waals surface area contributed by atoms with Crippen LogP contribution in [0.5, 0.6) is 5.75 Å². The number of benzene rings is 4. The van der Waals surface area contributed by atoms with Crippen molar-refractivity contribution in [3.8, 4) is 16.9 Å². The second-order valence-electron chi connectivity index (χ2n) is 8.53. The molecule has 4 rings (SSSR count). The number of aldehydes is 1. The van der Waals surface area contributed by atoms with Crippen molar-refractivity contribution in [3.63, 3.8) is 0 Å². The third-order valence-electron chi connectivity index (χ3n) is 6.16. The normalized spacial score (nSPS) is 11.6. The van der Waals surface area contributed by atoms with Crippen molar-refractivity contribution >= 4 is 18.4 Å². The fraction of sp³-hybridized carbons (Fsp3) is 0.129. The molecule has 0 aliphatic heterocycles. The topological polar surface area (TPSA) is 26.3 Å². The van der Waals surface area contributed by atoms with E-state index in [4.69, 9.17) is 4.74 Å². The second-order valence-corrected chi connectivity index (χ2v) is 8.53. The molecular formula is C31H25F3O2. The van der Waals surface area contributed by atoms with Crippen LogP contribution in [0.15, 0.2) is 84.9 Å². The van der Waals surface area contributed by atoms with Gasteiger partial charge in [0.1, 0.15) is 12.4 Å². The van der Waals surface area contributed by atoms with Crippen LogP contribution >= 0.6 is 0 Å². The first-order valence-electron chi connectivity index (χ1n) is 11.5. The molecule has 0 N–H and O–H groups in total. The van der Waals surface area contributed by atoms with Crippen molar-refractivity contribution in [1.29, 1.82) is 0 Å². The predicted molar refractivity (Wildman–Crippen MR) is 138 cm³/mol. The van der Waals surface area contributed by atoms with Crippen LogP contribution in [-0.2, 0) is 12.8 Å². The molecular weight excluding hydrogens is 461 g/mol. The van der Waals surface area contributed by atoms with E-state index in [2.05, 4.69) is 0 Å². The maximum Gasteiger partial charge on any atom is 0.417 e. The molecule has 0 aliphatic carbocycles. The van der Waals surface area contributed by atoms with E-state index >= 15 is 0 Å². The van der Waals surface area contributed by atoms with Crippen molar-refractivity contribution in [2.24, 2.45) is 0 Å². The molecule has 0 bridgehead atoms. The molecule has 4 aromatic carbocycles. The van der Waals surface area contributed by atoms with E-state index in [-0.39, 0.29) is 23.5 Å². The molecule has 0 saturated heterocycles. The van der Waals surface area contributed by atoms with E-state index < -0.39 is 11.7 Å². The van der Waals surface area contributed by atoms with Gasteiger partial charge in [0.2, 0.25) is 0 Å². The molecule has 0 saturated carbocycles. The average molecular weight is 487 g/mol. The molecule has 5 heteroatoms. The summed E-state index contributed by atoms with van der Waals surface area (Å²) >= 11 is 0. The van der Waals surface area contributed by atoms with E-state index in [1.807, 2.05) is 86.6 Å². The van der Waals surface area contributed by atoms with Crippen molar-refractivity contribution in [2.45, 2.75) is 26.6 Å². The zero-order valence-corrected chi connectivity index (χ0v) is 20.0. The maximum atomic E-state index is 13.9. The van der Waals surface area contributed by atoms with Crippen molar-refractivity contribution < 1.29 is 22.7 Å². The third-order valence-corrected chi connectivity index (χ3v) is 6.16. The van der Waals surface area contributed by atoms with Gasteiger partial charge in [-0.1, -0.05) is 84.9 Å². The molecule has 0 fully saturated rings. The van der Waals surface area contributed by atoms with E-state index in [9.17, 15) is 18.0 Å². The second kappa shape index (κ2) is 10.6. The average Bonchev–Trinajstić information content (AvgIpc) is 2.87. The number of carbonyl (C=O) groups is 1. The molecule has 36 heavy (non-hydrogen) atoms. The Labute approximate surface area is 208 Å². The smallest absolute Gasteiger partial charge is 0.417 e. The Kier molecular flexibility index (Phi) is 7.39. The first-order valence-corrected chi connectivity index (χ1v) is 11.5. The molecule has 4 aromatic rings. The summed E-state index contributed by atoms with van der Waals surface area (Å²) in [4.78, 5) is 11.6. The summed E-state index contributed by atoms with van der Waals surface area (Å²) in [6.45, 7) is 4.01. The molecule has 182 valence electrons. The fourth-order valence-corrected chi connectivity index (χ4v) is 4.08. The van der Waals surface area contributed by atoms with Gasteiger partial charge >= 0.3 is 6.18 Å². The summed E-state index contributed by atoms with van der Waals surface area (Å²) in [7, 11) is 0. The molecule has 0 aromatic heterocycles. The Balaban J connectivity index is 1.73. The van der Waals surface area contributed by atoms with Crippen LogP contribution in [-0.4, -0.2) is 6.29 Å². The number of alkyl halides is 3. The van der Waals surface area contributed by atoms with E-state index in [1.54, 1.807) is 6.08 Å². The van der Waals surface area contributed by atoms with Crippen molar-refractivity contribution in [2.75, 3.05) is 0 Å². The van der Waals surface area contributed by atoms with Crippen LogP contribution in [0, 0.1) is 13.8 Å². The summed E-state index contributed by atoms with van der Waals surface area (Å²) in [5.74, 6) is 0.107. The zero-order valence-electron chi connectivity index (χ0n) is 20.0. The Morgan fingerprint density at radius 1 is 0.778 bits per heavy atom. The van der Waals surface area contributed by atoms with Crippen LogP contribution in [0.4, 0.5) is 13.2 Å². The number of halogens is 3. The van der Waals surface area contributed by atoms with Gasteiger partial charge in [-0.3, -0.25) is 4.79 Å². The molecule has 0 aliphatic rings. The summed E-state index contributed by atoms with van der Waals surface area (Å²) < 4.78 is 47.5. The molecule has 0 spiro atoms. The van der Waals surface area contributed by atoms with E-state index in [0.29, 0.717) is 6.29 Å². The lowest BCUT2D eigenvalue weighted by Gasteiger charge is -2.16. The highest BCUT2D eigenvalue weighted by Crippen LogP contribution is 2.37. The minimum Gasteiger partial charge on any atom is -0.488 e.